The lowest BCUT2D eigenvalue weighted by Gasteiger charge is -2.13. The maximum Gasteiger partial charge on any atom is 0.241 e. The molecule has 7 heteroatoms. The Morgan fingerprint density at radius 2 is 1.57 bits per heavy atom. The van der Waals surface area contributed by atoms with E-state index in [-0.39, 0.29) is 18.0 Å². The second-order valence-electron chi connectivity index (χ2n) is 6.21. The molecule has 0 unspecified atom stereocenters. The molecule has 3 aromatic carbocycles. The summed E-state index contributed by atoms with van der Waals surface area (Å²) in [5.74, 6) is -0.595. The van der Waals surface area contributed by atoms with Crippen LogP contribution in [0.3, 0.4) is 0 Å². The quantitative estimate of drug-likeness (QED) is 0.603. The van der Waals surface area contributed by atoms with E-state index in [0.717, 1.165) is 27.0 Å². The molecule has 0 atom stereocenters. The monoisotopic (exact) mass is 417 g/mol. The van der Waals surface area contributed by atoms with Crippen LogP contribution in [0.1, 0.15) is 16.7 Å². The van der Waals surface area contributed by atoms with E-state index in [1.807, 2.05) is 48.5 Å². The highest BCUT2D eigenvalue weighted by Crippen LogP contribution is 2.33. The third-order valence-corrected chi connectivity index (χ3v) is 7.01. The molecule has 0 saturated carbocycles. The highest BCUT2D eigenvalue weighted by molar-refractivity contribution is 7.99. The number of hydrogen-bond acceptors (Lipinski definition) is 4. The van der Waals surface area contributed by atoms with E-state index in [1.54, 1.807) is 6.92 Å². The Morgan fingerprint density at radius 1 is 0.964 bits per heavy atom. The van der Waals surface area contributed by atoms with Crippen molar-refractivity contribution in [3.8, 4) is 0 Å². The van der Waals surface area contributed by atoms with Crippen LogP contribution >= 0.6 is 11.8 Å². The number of halogens is 1. The fraction of sp³-hybridized carbons (Fsp3) is 0.143. The van der Waals surface area contributed by atoms with Gasteiger partial charge in [0.25, 0.3) is 0 Å². The Bertz CT molecular complexity index is 1080. The number of aryl methyl sites for hydroxylation is 1. The molecule has 2 N–H and O–H groups in total. The highest BCUT2D eigenvalue weighted by atomic mass is 32.2. The molecule has 0 amide bonds. The second-order valence-corrected chi connectivity index (χ2v) is 9.03. The van der Waals surface area contributed by atoms with Gasteiger partial charge in [0.2, 0.25) is 10.0 Å². The fourth-order valence-electron chi connectivity index (χ4n) is 2.72. The van der Waals surface area contributed by atoms with Crippen LogP contribution in [0.2, 0.25) is 0 Å². The zero-order chi connectivity index (χ0) is 20.1. The fourth-order valence-corrected chi connectivity index (χ4v) is 5.04. The standard InChI is InChI=1S/C21H20FNO3S2/c1-15-10-11-18(22)12-21(15)28(25,26)23-13-16-6-2-4-8-19(16)27-20-9-5-3-7-17(20)14-24/h2-12,23-24H,13-14H2,1H3. The molecule has 3 aromatic rings. The Kier molecular flexibility index (Phi) is 6.51. The summed E-state index contributed by atoms with van der Waals surface area (Å²) in [6.45, 7) is 1.63. The van der Waals surface area contributed by atoms with Crippen molar-refractivity contribution in [1.82, 2.24) is 4.72 Å². The summed E-state index contributed by atoms with van der Waals surface area (Å²) in [6.07, 6.45) is 0. The van der Waals surface area contributed by atoms with Gasteiger partial charge in [0.1, 0.15) is 5.82 Å². The third-order valence-electron chi connectivity index (χ3n) is 4.23. The number of sulfonamides is 1. The number of benzene rings is 3. The lowest BCUT2D eigenvalue weighted by molar-refractivity contribution is 0.279. The minimum absolute atomic E-state index is 0.0664. The van der Waals surface area contributed by atoms with Gasteiger partial charge in [-0.05, 0) is 47.9 Å². The first-order valence-corrected chi connectivity index (χ1v) is 10.9. The van der Waals surface area contributed by atoms with Crippen LogP contribution in [-0.2, 0) is 23.2 Å². The molecule has 0 saturated heterocycles. The molecule has 0 aromatic heterocycles. The van der Waals surface area contributed by atoms with Crippen molar-refractivity contribution >= 4 is 21.8 Å². The topological polar surface area (TPSA) is 66.4 Å². The lowest BCUT2D eigenvalue weighted by Crippen LogP contribution is -2.24. The summed E-state index contributed by atoms with van der Waals surface area (Å²) >= 11 is 1.46. The molecule has 0 aliphatic carbocycles. The summed E-state index contributed by atoms with van der Waals surface area (Å²) < 4.78 is 41.3. The molecular formula is C21H20FNO3S2. The van der Waals surface area contributed by atoms with E-state index in [4.69, 9.17) is 0 Å². The van der Waals surface area contributed by atoms with Crippen LogP contribution in [0, 0.1) is 12.7 Å². The molecule has 0 heterocycles. The molecule has 0 radical (unpaired) electrons. The molecule has 146 valence electrons. The molecule has 4 nitrogen and oxygen atoms in total. The zero-order valence-electron chi connectivity index (χ0n) is 15.2. The largest absolute Gasteiger partial charge is 0.392 e. The van der Waals surface area contributed by atoms with E-state index in [0.29, 0.717) is 5.56 Å². The highest BCUT2D eigenvalue weighted by Gasteiger charge is 2.18. The van der Waals surface area contributed by atoms with E-state index < -0.39 is 15.8 Å². The minimum atomic E-state index is -3.85. The Morgan fingerprint density at radius 3 is 2.25 bits per heavy atom. The van der Waals surface area contributed by atoms with Crippen molar-refractivity contribution in [2.24, 2.45) is 0 Å². The first kappa shape index (κ1) is 20.5. The molecule has 0 fully saturated rings. The maximum atomic E-state index is 13.5. The van der Waals surface area contributed by atoms with E-state index in [1.165, 1.54) is 23.9 Å². The molecule has 3 rings (SSSR count). The summed E-state index contributed by atoms with van der Waals surface area (Å²) in [5, 5.41) is 9.51. The summed E-state index contributed by atoms with van der Waals surface area (Å²) in [6, 6.07) is 18.6. The molecule has 0 spiro atoms. The summed E-state index contributed by atoms with van der Waals surface area (Å²) in [7, 11) is -3.85. The smallest absolute Gasteiger partial charge is 0.241 e. The van der Waals surface area contributed by atoms with Gasteiger partial charge in [0.15, 0.2) is 0 Å². The first-order chi connectivity index (χ1) is 13.4. The molecular weight excluding hydrogens is 397 g/mol. The third kappa shape index (κ3) is 4.80. The van der Waals surface area contributed by atoms with E-state index in [9.17, 15) is 17.9 Å². The lowest BCUT2D eigenvalue weighted by atomic mass is 10.2. The van der Waals surface area contributed by atoms with Crippen molar-refractivity contribution < 1.29 is 17.9 Å². The average Bonchev–Trinajstić information content (AvgIpc) is 2.69. The van der Waals surface area contributed by atoms with Gasteiger partial charge in [0.05, 0.1) is 11.5 Å². The Labute approximate surface area is 168 Å². The van der Waals surface area contributed by atoms with Crippen molar-refractivity contribution in [3.05, 3.63) is 89.2 Å². The Balaban J connectivity index is 1.83. The molecule has 0 aliphatic heterocycles. The number of hydrogen-bond donors (Lipinski definition) is 2. The average molecular weight is 418 g/mol. The van der Waals surface area contributed by atoms with Gasteiger partial charge in [-0.2, -0.15) is 0 Å². The normalized spacial score (nSPS) is 11.5. The van der Waals surface area contributed by atoms with Crippen LogP contribution in [0.15, 0.2) is 81.4 Å². The number of aliphatic hydroxyl groups excluding tert-OH is 1. The predicted molar refractivity (Wildman–Crippen MR) is 108 cm³/mol. The minimum Gasteiger partial charge on any atom is -0.392 e. The van der Waals surface area contributed by atoms with Crippen molar-refractivity contribution in [2.45, 2.75) is 34.8 Å². The second kappa shape index (κ2) is 8.87. The first-order valence-electron chi connectivity index (χ1n) is 8.61. The van der Waals surface area contributed by atoms with Crippen LogP contribution in [-0.4, -0.2) is 13.5 Å². The summed E-state index contributed by atoms with van der Waals surface area (Å²) in [5.41, 5.74) is 2.07. The predicted octanol–water partition coefficient (Wildman–Crippen LogP) is 4.26. The number of nitrogens with one attached hydrogen (secondary N) is 1. The van der Waals surface area contributed by atoms with Gasteiger partial charge in [-0.15, -0.1) is 0 Å². The van der Waals surface area contributed by atoms with Gasteiger partial charge in [-0.1, -0.05) is 54.2 Å². The number of aliphatic hydroxyl groups is 1. The van der Waals surface area contributed by atoms with E-state index >= 15 is 0 Å². The van der Waals surface area contributed by atoms with E-state index in [2.05, 4.69) is 4.72 Å². The SMILES string of the molecule is Cc1ccc(F)cc1S(=O)(=O)NCc1ccccc1Sc1ccccc1CO. The van der Waals surface area contributed by atoms with Crippen LogP contribution in [0.4, 0.5) is 4.39 Å². The van der Waals surface area contributed by atoms with Gasteiger partial charge in [-0.25, -0.2) is 17.5 Å². The van der Waals surface area contributed by atoms with Gasteiger partial charge in [-0.3, -0.25) is 0 Å². The summed E-state index contributed by atoms with van der Waals surface area (Å²) in [4.78, 5) is 1.71. The van der Waals surface area contributed by atoms with Crippen molar-refractivity contribution in [1.29, 1.82) is 0 Å². The maximum absolute atomic E-state index is 13.5. The van der Waals surface area contributed by atoms with Crippen LogP contribution in [0.25, 0.3) is 0 Å². The number of rotatable bonds is 7. The van der Waals surface area contributed by atoms with Gasteiger partial charge < -0.3 is 5.11 Å². The van der Waals surface area contributed by atoms with Crippen molar-refractivity contribution in [2.75, 3.05) is 0 Å². The van der Waals surface area contributed by atoms with Crippen molar-refractivity contribution in [3.63, 3.8) is 0 Å². The van der Waals surface area contributed by atoms with Gasteiger partial charge in [0, 0.05) is 16.3 Å². The van der Waals surface area contributed by atoms with Crippen LogP contribution in [0.5, 0.6) is 0 Å². The Hall–Kier alpha value is -2.19. The molecule has 0 bridgehead atoms. The van der Waals surface area contributed by atoms with Gasteiger partial charge >= 0.3 is 0 Å². The molecule has 28 heavy (non-hydrogen) atoms. The van der Waals surface area contributed by atoms with Crippen LogP contribution < -0.4 is 4.72 Å². The molecule has 0 aliphatic rings. The zero-order valence-corrected chi connectivity index (χ0v) is 16.9.